The predicted octanol–water partition coefficient (Wildman–Crippen LogP) is 7.06. The fourth-order valence-corrected chi connectivity index (χ4v) is 5.12. The number of halogens is 1. The average Bonchev–Trinajstić information content (AvgIpc) is 3.14. The molecule has 0 unspecified atom stereocenters. The molecule has 1 saturated heterocycles. The standard InChI is InChI=1S/C27H23IN2O3S/c1-3-15-33-25-22(28)16-19(17-23(25)32-4-2)18-24-26(31)30(21-13-9-6-10-14-21)27(34-24)29-20-11-7-5-8-12-20/h3,5-14,16-18H,1,4,15H2,2H3/b24-18-,29-27?. The smallest absolute Gasteiger partial charge is 0.271 e. The highest BCUT2D eigenvalue weighted by Crippen LogP contribution is 2.39. The van der Waals surface area contributed by atoms with Crippen molar-refractivity contribution >= 4 is 62.9 Å². The summed E-state index contributed by atoms with van der Waals surface area (Å²) in [4.78, 5) is 20.5. The number of carbonyl (C=O) groups excluding carboxylic acids is 1. The van der Waals surface area contributed by atoms with E-state index in [1.165, 1.54) is 11.8 Å². The van der Waals surface area contributed by atoms with Crippen LogP contribution in [0.15, 0.2) is 95.3 Å². The number of anilines is 1. The molecule has 0 N–H and O–H groups in total. The number of thioether (sulfide) groups is 1. The Morgan fingerprint density at radius 2 is 1.76 bits per heavy atom. The molecule has 0 atom stereocenters. The Bertz CT molecular complexity index is 1240. The zero-order valence-corrected chi connectivity index (χ0v) is 21.6. The lowest BCUT2D eigenvalue weighted by Gasteiger charge is -2.15. The van der Waals surface area contributed by atoms with Crippen molar-refractivity contribution in [2.45, 2.75) is 6.92 Å². The first-order valence-electron chi connectivity index (χ1n) is 10.7. The zero-order valence-electron chi connectivity index (χ0n) is 18.6. The van der Waals surface area contributed by atoms with Gasteiger partial charge in [0, 0.05) is 0 Å². The fourth-order valence-electron chi connectivity index (χ4n) is 3.33. The van der Waals surface area contributed by atoms with E-state index in [1.54, 1.807) is 11.0 Å². The van der Waals surface area contributed by atoms with Gasteiger partial charge < -0.3 is 9.47 Å². The van der Waals surface area contributed by atoms with Gasteiger partial charge in [0.15, 0.2) is 16.7 Å². The van der Waals surface area contributed by atoms with Gasteiger partial charge >= 0.3 is 0 Å². The molecule has 3 aromatic rings. The number of hydrogen-bond donors (Lipinski definition) is 0. The maximum absolute atomic E-state index is 13.5. The van der Waals surface area contributed by atoms with Gasteiger partial charge in [-0.05, 0) is 89.3 Å². The van der Waals surface area contributed by atoms with Crippen LogP contribution in [0.2, 0.25) is 0 Å². The molecule has 172 valence electrons. The van der Waals surface area contributed by atoms with Crippen LogP contribution in [0.5, 0.6) is 11.5 Å². The van der Waals surface area contributed by atoms with Crippen LogP contribution in [0.3, 0.4) is 0 Å². The summed E-state index contributed by atoms with van der Waals surface area (Å²) in [6.07, 6.45) is 3.57. The van der Waals surface area contributed by atoms with Gasteiger partial charge in [-0.15, -0.1) is 0 Å². The summed E-state index contributed by atoms with van der Waals surface area (Å²) in [5.41, 5.74) is 2.41. The van der Waals surface area contributed by atoms with Crippen LogP contribution in [-0.4, -0.2) is 24.3 Å². The first-order valence-corrected chi connectivity index (χ1v) is 12.6. The van der Waals surface area contributed by atoms with Crippen LogP contribution in [0.1, 0.15) is 12.5 Å². The third-order valence-corrected chi connectivity index (χ3v) is 6.55. The Hall–Kier alpha value is -3.04. The molecular formula is C27H23IN2O3S. The monoisotopic (exact) mass is 582 g/mol. The highest BCUT2D eigenvalue weighted by molar-refractivity contribution is 14.1. The molecule has 7 heteroatoms. The van der Waals surface area contributed by atoms with Gasteiger partial charge in [-0.2, -0.15) is 0 Å². The quantitative estimate of drug-likeness (QED) is 0.162. The van der Waals surface area contributed by atoms with E-state index in [9.17, 15) is 4.79 Å². The maximum Gasteiger partial charge on any atom is 0.271 e. The van der Waals surface area contributed by atoms with Crippen molar-refractivity contribution in [1.82, 2.24) is 0 Å². The van der Waals surface area contributed by atoms with Crippen molar-refractivity contribution in [2.24, 2.45) is 4.99 Å². The van der Waals surface area contributed by atoms with Gasteiger partial charge in [0.05, 0.1) is 26.5 Å². The second-order valence-corrected chi connectivity index (χ2v) is 9.35. The molecule has 1 aliphatic rings. The minimum atomic E-state index is -0.120. The molecule has 0 aromatic heterocycles. The number of nitrogens with zero attached hydrogens (tertiary/aromatic N) is 2. The SMILES string of the molecule is C=CCOc1c(I)cc(/C=C2\SC(=Nc3ccccc3)N(c3ccccc3)C2=O)cc1OCC. The van der Waals surface area contributed by atoms with E-state index >= 15 is 0 Å². The topological polar surface area (TPSA) is 51.1 Å². The lowest BCUT2D eigenvalue weighted by molar-refractivity contribution is -0.113. The van der Waals surface area contributed by atoms with E-state index < -0.39 is 0 Å². The van der Waals surface area contributed by atoms with E-state index in [4.69, 9.17) is 14.5 Å². The van der Waals surface area contributed by atoms with Crippen LogP contribution in [-0.2, 0) is 4.79 Å². The van der Waals surface area contributed by atoms with E-state index in [1.807, 2.05) is 85.8 Å². The van der Waals surface area contributed by atoms with E-state index in [0.29, 0.717) is 34.8 Å². The summed E-state index contributed by atoms with van der Waals surface area (Å²) in [5, 5.41) is 0.610. The van der Waals surface area contributed by atoms with Crippen molar-refractivity contribution in [3.8, 4) is 11.5 Å². The minimum Gasteiger partial charge on any atom is -0.490 e. The fraction of sp³-hybridized carbons (Fsp3) is 0.111. The van der Waals surface area contributed by atoms with Crippen molar-refractivity contribution in [3.05, 3.63) is 99.5 Å². The number of hydrogen-bond acceptors (Lipinski definition) is 5. The van der Waals surface area contributed by atoms with Crippen LogP contribution >= 0.6 is 34.4 Å². The number of amidine groups is 1. The highest BCUT2D eigenvalue weighted by atomic mass is 127. The molecular weight excluding hydrogens is 559 g/mol. The lowest BCUT2D eigenvalue weighted by atomic mass is 10.1. The first-order chi connectivity index (χ1) is 16.6. The van der Waals surface area contributed by atoms with Crippen LogP contribution in [0.4, 0.5) is 11.4 Å². The summed E-state index contributed by atoms with van der Waals surface area (Å²) >= 11 is 3.58. The molecule has 1 heterocycles. The van der Waals surface area contributed by atoms with Gasteiger partial charge in [-0.1, -0.05) is 49.1 Å². The summed E-state index contributed by atoms with van der Waals surface area (Å²) in [7, 11) is 0. The normalized spacial score (nSPS) is 15.7. The summed E-state index contributed by atoms with van der Waals surface area (Å²) < 4.78 is 12.5. The molecule has 0 radical (unpaired) electrons. The summed E-state index contributed by atoms with van der Waals surface area (Å²) in [6, 6.07) is 23.1. The minimum absolute atomic E-state index is 0.120. The Kier molecular flexibility index (Phi) is 8.08. The van der Waals surface area contributed by atoms with Crippen LogP contribution in [0, 0.1) is 3.57 Å². The lowest BCUT2D eigenvalue weighted by Crippen LogP contribution is -2.28. The molecule has 0 spiro atoms. The number of amides is 1. The third kappa shape index (κ3) is 5.53. The number of para-hydroxylation sites is 2. The second kappa shape index (κ2) is 11.4. The van der Waals surface area contributed by atoms with Crippen LogP contribution in [0.25, 0.3) is 6.08 Å². The predicted molar refractivity (Wildman–Crippen MR) is 149 cm³/mol. The van der Waals surface area contributed by atoms with Gasteiger partial charge in [-0.3, -0.25) is 9.69 Å². The number of aliphatic imine (C=N–C) groups is 1. The molecule has 3 aromatic carbocycles. The number of ether oxygens (including phenoxy) is 2. The van der Waals surface area contributed by atoms with Gasteiger partial charge in [0.1, 0.15) is 6.61 Å². The van der Waals surface area contributed by atoms with E-state index in [-0.39, 0.29) is 5.91 Å². The third-order valence-electron chi connectivity index (χ3n) is 4.78. The van der Waals surface area contributed by atoms with Gasteiger partial charge in [0.25, 0.3) is 5.91 Å². The Morgan fingerprint density at radius 1 is 1.06 bits per heavy atom. The summed E-state index contributed by atoms with van der Waals surface area (Å²) in [5.74, 6) is 1.19. The van der Waals surface area contributed by atoms with Crippen molar-refractivity contribution < 1.29 is 14.3 Å². The van der Waals surface area contributed by atoms with Crippen molar-refractivity contribution in [1.29, 1.82) is 0 Å². The first kappa shape index (κ1) is 24.1. The Balaban J connectivity index is 1.74. The molecule has 1 fully saturated rings. The van der Waals surface area contributed by atoms with Gasteiger partial charge in [0.2, 0.25) is 0 Å². The largest absolute Gasteiger partial charge is 0.490 e. The average molecular weight is 582 g/mol. The molecule has 0 saturated carbocycles. The Morgan fingerprint density at radius 3 is 2.44 bits per heavy atom. The molecule has 34 heavy (non-hydrogen) atoms. The number of carbonyl (C=O) groups is 1. The molecule has 1 aliphatic heterocycles. The molecule has 1 amide bonds. The molecule has 5 nitrogen and oxygen atoms in total. The molecule has 0 aliphatic carbocycles. The maximum atomic E-state index is 13.5. The highest BCUT2D eigenvalue weighted by Gasteiger charge is 2.34. The van der Waals surface area contributed by atoms with Gasteiger partial charge in [-0.25, -0.2) is 4.99 Å². The summed E-state index contributed by atoms with van der Waals surface area (Å²) in [6.45, 7) is 6.53. The van der Waals surface area contributed by atoms with Crippen LogP contribution < -0.4 is 14.4 Å². The van der Waals surface area contributed by atoms with Crippen molar-refractivity contribution in [2.75, 3.05) is 18.1 Å². The molecule has 4 rings (SSSR count). The Labute approximate surface area is 217 Å². The van der Waals surface area contributed by atoms with E-state index in [0.717, 1.165) is 20.5 Å². The van der Waals surface area contributed by atoms with E-state index in [2.05, 4.69) is 29.2 Å². The number of benzene rings is 3. The number of rotatable bonds is 8. The zero-order chi connectivity index (χ0) is 23.9. The van der Waals surface area contributed by atoms with Crippen molar-refractivity contribution in [3.63, 3.8) is 0 Å². The second-order valence-electron chi connectivity index (χ2n) is 7.18. The molecule has 0 bridgehead atoms.